The maximum absolute atomic E-state index is 11.0. The van der Waals surface area contributed by atoms with Gasteiger partial charge in [0.2, 0.25) is 0 Å². The Kier molecular flexibility index (Phi) is 3.07. The van der Waals surface area contributed by atoms with Gasteiger partial charge in [0, 0.05) is 0 Å². The van der Waals surface area contributed by atoms with Crippen LogP contribution in [0.5, 0.6) is 5.75 Å². The molecule has 0 saturated heterocycles. The smallest absolute Gasteiger partial charge is 0.323 e. The third-order valence-corrected chi connectivity index (χ3v) is 3.67. The van der Waals surface area contributed by atoms with Crippen LogP contribution in [0.15, 0.2) is 24.3 Å². The SMILES string of the molecule is NC1(C(=O)O)CCC(c2ccc(O)cc2)CC1. The molecule has 1 aliphatic carbocycles. The van der Waals surface area contributed by atoms with Crippen LogP contribution in [0.1, 0.15) is 37.2 Å². The van der Waals surface area contributed by atoms with Crippen molar-refractivity contribution in [3.63, 3.8) is 0 Å². The number of nitrogens with two attached hydrogens (primary N) is 1. The molecule has 0 heterocycles. The third kappa shape index (κ3) is 2.42. The molecular weight excluding hydrogens is 218 g/mol. The molecule has 0 unspecified atom stereocenters. The highest BCUT2D eigenvalue weighted by molar-refractivity contribution is 5.78. The van der Waals surface area contributed by atoms with E-state index in [-0.39, 0.29) is 5.75 Å². The van der Waals surface area contributed by atoms with E-state index in [2.05, 4.69) is 0 Å². The molecule has 0 radical (unpaired) electrons. The van der Waals surface area contributed by atoms with Crippen LogP contribution in [0.4, 0.5) is 0 Å². The molecule has 4 heteroatoms. The maximum Gasteiger partial charge on any atom is 0.323 e. The van der Waals surface area contributed by atoms with Crippen molar-refractivity contribution in [2.24, 2.45) is 5.73 Å². The molecule has 2 rings (SSSR count). The molecule has 1 aromatic rings. The van der Waals surface area contributed by atoms with Crippen molar-refractivity contribution in [2.45, 2.75) is 37.1 Å². The van der Waals surface area contributed by atoms with Gasteiger partial charge in [0.15, 0.2) is 0 Å². The summed E-state index contributed by atoms with van der Waals surface area (Å²) in [7, 11) is 0. The van der Waals surface area contributed by atoms with Gasteiger partial charge in [-0.15, -0.1) is 0 Å². The number of hydrogen-bond donors (Lipinski definition) is 3. The van der Waals surface area contributed by atoms with Gasteiger partial charge in [0.25, 0.3) is 0 Å². The molecule has 4 N–H and O–H groups in total. The van der Waals surface area contributed by atoms with E-state index in [0.29, 0.717) is 18.8 Å². The van der Waals surface area contributed by atoms with Gasteiger partial charge in [-0.1, -0.05) is 12.1 Å². The zero-order chi connectivity index (χ0) is 12.5. The van der Waals surface area contributed by atoms with Gasteiger partial charge in [-0.25, -0.2) is 0 Å². The van der Waals surface area contributed by atoms with Crippen LogP contribution in [0.3, 0.4) is 0 Å². The number of phenolic OH excluding ortho intramolecular Hbond substituents is 1. The Balaban J connectivity index is 2.04. The fourth-order valence-electron chi connectivity index (χ4n) is 2.43. The molecule has 17 heavy (non-hydrogen) atoms. The number of carboxylic acid groups (broad SMARTS) is 1. The molecular formula is C13H17NO3. The largest absolute Gasteiger partial charge is 0.508 e. The van der Waals surface area contributed by atoms with Gasteiger partial charge in [-0.05, 0) is 49.3 Å². The number of aliphatic carboxylic acids is 1. The standard InChI is InChI=1S/C13H17NO3/c14-13(12(16)17)7-5-10(6-8-13)9-1-3-11(15)4-2-9/h1-4,10,15H,5-8,14H2,(H,16,17). The fraction of sp³-hybridized carbons (Fsp3) is 0.462. The number of benzene rings is 1. The number of aromatic hydroxyl groups is 1. The van der Waals surface area contributed by atoms with Gasteiger partial charge in [0.05, 0.1) is 0 Å². The lowest BCUT2D eigenvalue weighted by Gasteiger charge is -2.33. The van der Waals surface area contributed by atoms with Crippen LogP contribution >= 0.6 is 0 Å². The Morgan fingerprint density at radius 3 is 2.24 bits per heavy atom. The van der Waals surface area contributed by atoms with Crippen LogP contribution in [0, 0.1) is 0 Å². The summed E-state index contributed by atoms with van der Waals surface area (Å²) in [6, 6.07) is 7.11. The topological polar surface area (TPSA) is 83.6 Å². The van der Waals surface area contributed by atoms with E-state index in [1.807, 2.05) is 12.1 Å². The monoisotopic (exact) mass is 235 g/mol. The fourth-order valence-corrected chi connectivity index (χ4v) is 2.43. The van der Waals surface area contributed by atoms with Crippen molar-refractivity contribution in [3.05, 3.63) is 29.8 Å². The van der Waals surface area contributed by atoms with E-state index in [0.717, 1.165) is 18.4 Å². The minimum absolute atomic E-state index is 0.253. The summed E-state index contributed by atoms with van der Waals surface area (Å²) in [5.41, 5.74) is 5.93. The van der Waals surface area contributed by atoms with E-state index < -0.39 is 11.5 Å². The molecule has 0 bridgehead atoms. The lowest BCUT2D eigenvalue weighted by atomic mass is 9.75. The highest BCUT2D eigenvalue weighted by Crippen LogP contribution is 2.37. The lowest BCUT2D eigenvalue weighted by molar-refractivity contribution is -0.144. The number of carboxylic acids is 1. The number of phenols is 1. The van der Waals surface area contributed by atoms with Gasteiger partial charge >= 0.3 is 5.97 Å². The van der Waals surface area contributed by atoms with Gasteiger partial charge in [0.1, 0.15) is 11.3 Å². The zero-order valence-corrected chi connectivity index (χ0v) is 9.60. The molecule has 0 spiro atoms. The van der Waals surface area contributed by atoms with Crippen molar-refractivity contribution in [3.8, 4) is 5.75 Å². The summed E-state index contributed by atoms with van der Waals surface area (Å²) in [4.78, 5) is 11.0. The Bertz CT molecular complexity index is 405. The normalized spacial score (nSPS) is 28.9. The van der Waals surface area contributed by atoms with E-state index in [1.54, 1.807) is 12.1 Å². The summed E-state index contributed by atoms with van der Waals surface area (Å²) in [6.45, 7) is 0. The Labute approximate surface area is 100 Å². The second-order valence-electron chi connectivity index (χ2n) is 4.83. The summed E-state index contributed by atoms with van der Waals surface area (Å²) in [5.74, 6) is -0.295. The molecule has 0 aromatic heterocycles. The summed E-state index contributed by atoms with van der Waals surface area (Å²) in [6.07, 6.45) is 2.59. The van der Waals surface area contributed by atoms with Crippen LogP contribution in [0.2, 0.25) is 0 Å². The van der Waals surface area contributed by atoms with Gasteiger partial charge < -0.3 is 15.9 Å². The first-order valence-electron chi connectivity index (χ1n) is 5.82. The number of rotatable bonds is 2. The van der Waals surface area contributed by atoms with Gasteiger partial charge in [-0.2, -0.15) is 0 Å². The van der Waals surface area contributed by atoms with Crippen LogP contribution in [-0.2, 0) is 4.79 Å². The van der Waals surface area contributed by atoms with Crippen LogP contribution in [-0.4, -0.2) is 21.7 Å². The van der Waals surface area contributed by atoms with Crippen molar-refractivity contribution in [1.29, 1.82) is 0 Å². The first-order valence-corrected chi connectivity index (χ1v) is 5.82. The molecule has 1 aromatic carbocycles. The van der Waals surface area contributed by atoms with E-state index in [9.17, 15) is 9.90 Å². The highest BCUT2D eigenvalue weighted by Gasteiger charge is 2.38. The van der Waals surface area contributed by atoms with Crippen molar-refractivity contribution in [2.75, 3.05) is 0 Å². The minimum atomic E-state index is -1.05. The second kappa shape index (κ2) is 4.37. The summed E-state index contributed by atoms with van der Waals surface area (Å²) < 4.78 is 0. The van der Waals surface area contributed by atoms with Crippen LogP contribution in [0.25, 0.3) is 0 Å². The van der Waals surface area contributed by atoms with E-state index in [1.165, 1.54) is 0 Å². The van der Waals surface area contributed by atoms with Crippen molar-refractivity contribution < 1.29 is 15.0 Å². The van der Waals surface area contributed by atoms with Crippen molar-refractivity contribution >= 4 is 5.97 Å². The number of carbonyl (C=O) groups is 1. The van der Waals surface area contributed by atoms with E-state index in [4.69, 9.17) is 10.8 Å². The number of hydrogen-bond acceptors (Lipinski definition) is 3. The molecule has 4 nitrogen and oxygen atoms in total. The van der Waals surface area contributed by atoms with E-state index >= 15 is 0 Å². The summed E-state index contributed by atoms with van der Waals surface area (Å²) >= 11 is 0. The molecule has 92 valence electrons. The quantitative estimate of drug-likeness (QED) is 0.730. The molecule has 1 saturated carbocycles. The average molecular weight is 235 g/mol. The third-order valence-electron chi connectivity index (χ3n) is 3.67. The lowest BCUT2D eigenvalue weighted by Crippen LogP contribution is -2.50. The predicted octanol–water partition coefficient (Wildman–Crippen LogP) is 1.83. The molecule has 0 aliphatic heterocycles. The zero-order valence-electron chi connectivity index (χ0n) is 9.60. The minimum Gasteiger partial charge on any atom is -0.508 e. The second-order valence-corrected chi connectivity index (χ2v) is 4.83. The van der Waals surface area contributed by atoms with Crippen molar-refractivity contribution in [1.82, 2.24) is 0 Å². The maximum atomic E-state index is 11.0. The first kappa shape index (κ1) is 11.9. The summed E-state index contributed by atoms with van der Waals surface area (Å²) in [5, 5.41) is 18.2. The molecule has 0 atom stereocenters. The Hall–Kier alpha value is -1.55. The Morgan fingerprint density at radius 2 is 1.76 bits per heavy atom. The molecule has 1 aliphatic rings. The van der Waals surface area contributed by atoms with Crippen LogP contribution < -0.4 is 5.73 Å². The first-order chi connectivity index (χ1) is 8.01. The predicted molar refractivity (Wildman–Crippen MR) is 63.9 cm³/mol. The average Bonchev–Trinajstić information content (AvgIpc) is 2.31. The van der Waals surface area contributed by atoms with Gasteiger partial charge in [-0.3, -0.25) is 4.79 Å². The Morgan fingerprint density at radius 1 is 1.24 bits per heavy atom. The molecule has 0 amide bonds. The highest BCUT2D eigenvalue weighted by atomic mass is 16.4. The molecule has 1 fully saturated rings.